The molecule has 0 spiro atoms. The monoisotopic (exact) mass is 262 g/mol. The molecule has 1 heterocycles. The highest BCUT2D eigenvalue weighted by molar-refractivity contribution is 5.85. The van der Waals surface area contributed by atoms with Crippen LogP contribution in [-0.2, 0) is 4.79 Å². The van der Waals surface area contributed by atoms with Crippen molar-refractivity contribution in [1.29, 1.82) is 0 Å². The van der Waals surface area contributed by atoms with Crippen molar-refractivity contribution in [3.05, 3.63) is 0 Å². The summed E-state index contributed by atoms with van der Waals surface area (Å²) >= 11 is 0. The molecule has 1 aliphatic rings. The smallest absolute Gasteiger partial charge is 0.379 e. The number of alkyl halides is 3. The standard InChI is InChI=1S/C8H13F3N2O2.ClH/c9-8(10,11)7(15)2-1-3-13(5-7)6(14)4-12;/h15H,1-5,12H2;1H. The number of nitrogens with zero attached hydrogens (tertiary/aromatic N) is 1. The van der Waals surface area contributed by atoms with Crippen LogP contribution in [0.1, 0.15) is 12.8 Å². The molecule has 0 aromatic rings. The lowest BCUT2D eigenvalue weighted by Gasteiger charge is -2.39. The number of rotatable bonds is 1. The molecule has 0 saturated carbocycles. The van der Waals surface area contributed by atoms with Gasteiger partial charge in [0.1, 0.15) is 0 Å². The second-order valence-corrected chi connectivity index (χ2v) is 3.65. The SMILES string of the molecule is Cl.NCC(=O)N1CCCC(O)(C(F)(F)F)C1. The molecule has 1 rings (SSSR count). The minimum atomic E-state index is -4.71. The third-order valence-corrected chi connectivity index (χ3v) is 2.53. The molecule has 1 saturated heterocycles. The molecule has 0 aromatic heterocycles. The molecule has 1 amide bonds. The summed E-state index contributed by atoms with van der Waals surface area (Å²) in [5.41, 5.74) is 2.26. The third-order valence-electron chi connectivity index (χ3n) is 2.53. The van der Waals surface area contributed by atoms with Gasteiger partial charge in [-0.3, -0.25) is 4.79 Å². The minimum Gasteiger partial charge on any atom is -0.379 e. The van der Waals surface area contributed by atoms with E-state index in [9.17, 15) is 23.1 Å². The van der Waals surface area contributed by atoms with Crippen molar-refractivity contribution in [2.45, 2.75) is 24.6 Å². The highest BCUT2D eigenvalue weighted by Gasteiger charge is 2.55. The maximum Gasteiger partial charge on any atom is 0.418 e. The van der Waals surface area contributed by atoms with E-state index in [1.165, 1.54) is 0 Å². The van der Waals surface area contributed by atoms with E-state index in [-0.39, 0.29) is 38.3 Å². The van der Waals surface area contributed by atoms with Crippen LogP contribution in [0.15, 0.2) is 0 Å². The van der Waals surface area contributed by atoms with Gasteiger partial charge in [0, 0.05) is 6.54 Å². The lowest BCUT2D eigenvalue weighted by Crippen LogP contribution is -2.58. The van der Waals surface area contributed by atoms with E-state index in [0.717, 1.165) is 4.90 Å². The van der Waals surface area contributed by atoms with Gasteiger partial charge >= 0.3 is 6.18 Å². The van der Waals surface area contributed by atoms with Crippen LogP contribution in [0.5, 0.6) is 0 Å². The Morgan fingerprint density at radius 2 is 2.06 bits per heavy atom. The van der Waals surface area contributed by atoms with Crippen LogP contribution in [0.2, 0.25) is 0 Å². The van der Waals surface area contributed by atoms with Crippen LogP contribution >= 0.6 is 12.4 Å². The average molecular weight is 263 g/mol. The molecule has 0 bridgehead atoms. The van der Waals surface area contributed by atoms with Gasteiger partial charge in [-0.2, -0.15) is 13.2 Å². The molecule has 16 heavy (non-hydrogen) atoms. The van der Waals surface area contributed by atoms with Crippen LogP contribution < -0.4 is 5.73 Å². The van der Waals surface area contributed by atoms with E-state index < -0.39 is 24.2 Å². The van der Waals surface area contributed by atoms with E-state index >= 15 is 0 Å². The number of carbonyl (C=O) groups is 1. The summed E-state index contributed by atoms with van der Waals surface area (Å²) in [6.45, 7) is -0.838. The predicted octanol–water partition coefficient (Wildman–Crippen LogP) is 0.283. The highest BCUT2D eigenvalue weighted by atomic mass is 35.5. The number of hydrogen-bond acceptors (Lipinski definition) is 3. The van der Waals surface area contributed by atoms with Gasteiger partial charge in [-0.25, -0.2) is 0 Å². The van der Waals surface area contributed by atoms with Gasteiger partial charge in [0.05, 0.1) is 13.1 Å². The normalized spacial score (nSPS) is 26.2. The zero-order valence-electron chi connectivity index (χ0n) is 8.46. The van der Waals surface area contributed by atoms with Crippen molar-refractivity contribution in [2.75, 3.05) is 19.6 Å². The lowest BCUT2D eigenvalue weighted by molar-refractivity contribution is -0.272. The first kappa shape index (κ1) is 15.5. The van der Waals surface area contributed by atoms with E-state index in [2.05, 4.69) is 0 Å². The molecule has 1 fully saturated rings. The number of hydrogen-bond donors (Lipinski definition) is 2. The number of amides is 1. The molecule has 4 nitrogen and oxygen atoms in total. The van der Waals surface area contributed by atoms with Gasteiger partial charge in [-0.05, 0) is 12.8 Å². The van der Waals surface area contributed by atoms with Gasteiger partial charge in [0.2, 0.25) is 5.91 Å². The van der Waals surface area contributed by atoms with Crippen LogP contribution in [0.25, 0.3) is 0 Å². The number of halogens is 4. The maximum atomic E-state index is 12.4. The number of likely N-dealkylation sites (tertiary alicyclic amines) is 1. The Kier molecular flexibility index (Phi) is 5.03. The molecule has 1 atom stereocenters. The molecule has 0 radical (unpaired) electrons. The summed E-state index contributed by atoms with van der Waals surface area (Å²) in [5.74, 6) is -0.572. The zero-order chi connectivity index (χ0) is 11.7. The molecule has 1 aliphatic heterocycles. The first-order valence-corrected chi connectivity index (χ1v) is 4.57. The largest absolute Gasteiger partial charge is 0.418 e. The Morgan fingerprint density at radius 1 is 1.50 bits per heavy atom. The number of nitrogens with two attached hydrogens (primary N) is 1. The average Bonchev–Trinajstić information content (AvgIpc) is 2.15. The van der Waals surface area contributed by atoms with Gasteiger partial charge in [-0.1, -0.05) is 0 Å². The first-order valence-electron chi connectivity index (χ1n) is 4.57. The van der Waals surface area contributed by atoms with Crippen molar-refractivity contribution in [3.8, 4) is 0 Å². The Balaban J connectivity index is 0.00000225. The number of β-amino-alcohol motifs (C(OH)–C–C–N with tert-alkyl or cyclic N) is 1. The highest BCUT2D eigenvalue weighted by Crippen LogP contribution is 2.37. The van der Waals surface area contributed by atoms with E-state index in [4.69, 9.17) is 5.73 Å². The second kappa shape index (κ2) is 5.20. The van der Waals surface area contributed by atoms with Crippen molar-refractivity contribution in [1.82, 2.24) is 4.90 Å². The molecule has 0 aliphatic carbocycles. The maximum absolute atomic E-state index is 12.4. The van der Waals surface area contributed by atoms with Gasteiger partial charge in [0.25, 0.3) is 0 Å². The molecular weight excluding hydrogens is 249 g/mol. The van der Waals surface area contributed by atoms with E-state index in [0.29, 0.717) is 0 Å². The van der Waals surface area contributed by atoms with E-state index in [1.54, 1.807) is 0 Å². The lowest BCUT2D eigenvalue weighted by atomic mass is 9.92. The topological polar surface area (TPSA) is 66.6 Å². The summed E-state index contributed by atoms with van der Waals surface area (Å²) in [6, 6.07) is 0. The van der Waals surface area contributed by atoms with Crippen molar-refractivity contribution in [2.24, 2.45) is 5.73 Å². The summed E-state index contributed by atoms with van der Waals surface area (Å²) in [6.07, 6.45) is -4.95. The quantitative estimate of drug-likeness (QED) is 0.713. The van der Waals surface area contributed by atoms with Crippen LogP contribution in [-0.4, -0.2) is 47.3 Å². The van der Waals surface area contributed by atoms with Gasteiger partial charge in [-0.15, -0.1) is 12.4 Å². The summed E-state index contributed by atoms with van der Waals surface area (Å²) in [7, 11) is 0. The summed E-state index contributed by atoms with van der Waals surface area (Å²) < 4.78 is 37.3. The van der Waals surface area contributed by atoms with Gasteiger partial charge < -0.3 is 15.7 Å². The zero-order valence-corrected chi connectivity index (χ0v) is 9.27. The molecule has 3 N–H and O–H groups in total. The molecule has 96 valence electrons. The minimum absolute atomic E-state index is 0. The predicted molar refractivity (Wildman–Crippen MR) is 53.1 cm³/mol. The van der Waals surface area contributed by atoms with Crippen molar-refractivity contribution < 1.29 is 23.1 Å². The molecule has 0 aromatic carbocycles. The molecule has 1 unspecified atom stereocenters. The number of piperidine rings is 1. The van der Waals surface area contributed by atoms with Crippen LogP contribution in [0.4, 0.5) is 13.2 Å². The first-order chi connectivity index (χ1) is 6.80. The fraction of sp³-hybridized carbons (Fsp3) is 0.875. The Hall–Kier alpha value is -0.530. The molecular formula is C8H14ClF3N2O2. The third kappa shape index (κ3) is 2.99. The van der Waals surface area contributed by atoms with Crippen molar-refractivity contribution >= 4 is 18.3 Å². The number of carbonyl (C=O) groups excluding carboxylic acids is 1. The number of aliphatic hydroxyl groups is 1. The Labute approximate surface area is 97.0 Å². The fourth-order valence-corrected chi connectivity index (χ4v) is 1.61. The summed E-state index contributed by atoms with van der Waals surface area (Å²) in [5, 5.41) is 9.36. The van der Waals surface area contributed by atoms with Crippen LogP contribution in [0.3, 0.4) is 0 Å². The van der Waals surface area contributed by atoms with Gasteiger partial charge in [0.15, 0.2) is 5.60 Å². The summed E-state index contributed by atoms with van der Waals surface area (Å²) in [4.78, 5) is 12.1. The Bertz CT molecular complexity index is 262. The van der Waals surface area contributed by atoms with E-state index in [1.807, 2.05) is 0 Å². The Morgan fingerprint density at radius 3 is 2.50 bits per heavy atom. The second-order valence-electron chi connectivity index (χ2n) is 3.65. The van der Waals surface area contributed by atoms with Crippen LogP contribution in [0, 0.1) is 0 Å². The molecule has 8 heteroatoms. The fourth-order valence-electron chi connectivity index (χ4n) is 1.61. The van der Waals surface area contributed by atoms with Crippen molar-refractivity contribution in [3.63, 3.8) is 0 Å².